The van der Waals surface area contributed by atoms with E-state index in [9.17, 15) is 19.5 Å². The zero-order valence-corrected chi connectivity index (χ0v) is 19.7. The number of aromatic nitrogens is 5. The Hall–Kier alpha value is -2.83. The number of nitrogens with zero attached hydrogens (tertiary/aromatic N) is 6. The molecule has 1 amide bonds. The van der Waals surface area contributed by atoms with E-state index in [1.807, 2.05) is 27.7 Å². The number of hydrogen-bond acceptors (Lipinski definition) is 8. The molecule has 32 heavy (non-hydrogen) atoms. The van der Waals surface area contributed by atoms with Gasteiger partial charge in [0.2, 0.25) is 0 Å². The molecule has 11 nitrogen and oxygen atoms in total. The topological polar surface area (TPSA) is 124 Å². The van der Waals surface area contributed by atoms with Crippen LogP contribution in [0.25, 0.3) is 10.2 Å². The first-order valence-electron chi connectivity index (χ1n) is 10.2. The van der Waals surface area contributed by atoms with Gasteiger partial charge in [-0.1, -0.05) is 5.21 Å². The highest BCUT2D eigenvalue weighted by molar-refractivity contribution is 7.19. The lowest BCUT2D eigenvalue weighted by atomic mass is 10.1. The number of aliphatic hydroxyl groups is 1. The Labute approximate surface area is 187 Å². The van der Waals surface area contributed by atoms with Crippen molar-refractivity contribution < 1.29 is 14.7 Å². The van der Waals surface area contributed by atoms with Gasteiger partial charge in [-0.25, -0.2) is 14.5 Å². The lowest BCUT2D eigenvalue weighted by Gasteiger charge is -2.17. The van der Waals surface area contributed by atoms with Crippen LogP contribution in [0.2, 0.25) is 0 Å². The molecule has 0 radical (unpaired) electrons. The molecule has 4 rings (SSSR count). The number of hydroxylamine groups is 2. The Morgan fingerprint density at radius 3 is 2.53 bits per heavy atom. The fourth-order valence-corrected chi connectivity index (χ4v) is 5.13. The summed E-state index contributed by atoms with van der Waals surface area (Å²) in [5.41, 5.74) is -0.442. The quantitative estimate of drug-likeness (QED) is 0.606. The Bertz CT molecular complexity index is 1350. The van der Waals surface area contributed by atoms with Crippen LogP contribution in [-0.4, -0.2) is 59.0 Å². The van der Waals surface area contributed by atoms with Crippen molar-refractivity contribution in [2.24, 2.45) is 7.05 Å². The Morgan fingerprint density at radius 1 is 1.31 bits per heavy atom. The van der Waals surface area contributed by atoms with Crippen molar-refractivity contribution in [3.05, 3.63) is 42.7 Å². The number of amides is 1. The number of fused-ring (bicyclic) bond motifs is 1. The standard InChI is InChI=1S/C20H26N6O5S/c1-10(2)26-18-15(16(27)23(6)19(26)29)14(17(28)25-8-20(5,30)9-31-25)13(32-18)7-24-12(4)11(3)21-22-24/h10,30H,7-9H2,1-6H3/t20-/m0/s1. The predicted molar refractivity (Wildman–Crippen MR) is 118 cm³/mol. The molecule has 0 bridgehead atoms. The average molecular weight is 463 g/mol. The molecule has 1 atom stereocenters. The van der Waals surface area contributed by atoms with Crippen LogP contribution < -0.4 is 11.2 Å². The van der Waals surface area contributed by atoms with Crippen LogP contribution in [-0.2, 0) is 18.4 Å². The molecule has 1 aliphatic heterocycles. The third kappa shape index (κ3) is 3.48. The Kier molecular flexibility index (Phi) is 5.34. The van der Waals surface area contributed by atoms with E-state index in [0.29, 0.717) is 9.71 Å². The summed E-state index contributed by atoms with van der Waals surface area (Å²) in [6.07, 6.45) is 0. The van der Waals surface area contributed by atoms with Crippen LogP contribution in [0.15, 0.2) is 9.59 Å². The lowest BCUT2D eigenvalue weighted by molar-refractivity contribution is -0.0796. The number of carbonyl (C=O) groups is 1. The van der Waals surface area contributed by atoms with Crippen molar-refractivity contribution in [3.63, 3.8) is 0 Å². The SMILES string of the molecule is Cc1nnn(Cc2sc3c(c2C(=O)N2C[C@](C)(O)CO2)c(=O)n(C)c(=O)n3C(C)C)c1C. The Balaban J connectivity index is 2.00. The second-order valence-electron chi connectivity index (χ2n) is 8.72. The molecule has 12 heteroatoms. The molecule has 1 saturated heterocycles. The van der Waals surface area contributed by atoms with E-state index >= 15 is 0 Å². The van der Waals surface area contributed by atoms with E-state index < -0.39 is 22.8 Å². The third-order valence-electron chi connectivity index (χ3n) is 5.67. The molecule has 3 aromatic heterocycles. The van der Waals surface area contributed by atoms with Crippen molar-refractivity contribution in [3.8, 4) is 0 Å². The fraction of sp³-hybridized carbons (Fsp3) is 0.550. The van der Waals surface area contributed by atoms with Crippen LogP contribution in [0.3, 0.4) is 0 Å². The highest BCUT2D eigenvalue weighted by Gasteiger charge is 2.39. The molecule has 1 aliphatic rings. The number of β-amino-alcohol motifs (C(OH)–C–C–N with tert-alkyl or cyclic N) is 1. The average Bonchev–Trinajstić information content (AvgIpc) is 3.36. The normalized spacial score (nSPS) is 18.9. The summed E-state index contributed by atoms with van der Waals surface area (Å²) < 4.78 is 4.18. The van der Waals surface area contributed by atoms with E-state index in [-0.39, 0.29) is 36.7 Å². The minimum Gasteiger partial charge on any atom is -0.386 e. The summed E-state index contributed by atoms with van der Waals surface area (Å²) in [6, 6.07) is -0.231. The van der Waals surface area contributed by atoms with Gasteiger partial charge in [-0.15, -0.1) is 16.4 Å². The molecule has 3 aromatic rings. The van der Waals surface area contributed by atoms with E-state index in [4.69, 9.17) is 4.84 Å². The summed E-state index contributed by atoms with van der Waals surface area (Å²) in [5.74, 6) is -0.537. The first-order valence-corrected chi connectivity index (χ1v) is 11.1. The number of hydrogen-bond donors (Lipinski definition) is 1. The van der Waals surface area contributed by atoms with E-state index in [2.05, 4.69) is 10.3 Å². The van der Waals surface area contributed by atoms with Gasteiger partial charge in [0.1, 0.15) is 17.0 Å². The first-order chi connectivity index (χ1) is 14.9. The molecule has 1 fully saturated rings. The third-order valence-corrected chi connectivity index (χ3v) is 6.85. The van der Waals surface area contributed by atoms with Gasteiger partial charge in [-0.2, -0.15) is 0 Å². The van der Waals surface area contributed by atoms with E-state index in [1.54, 1.807) is 11.6 Å². The van der Waals surface area contributed by atoms with Crippen molar-refractivity contribution in [1.29, 1.82) is 0 Å². The maximum Gasteiger partial charge on any atom is 0.332 e. The molecule has 0 unspecified atom stereocenters. The second kappa shape index (κ2) is 7.64. The zero-order chi connectivity index (χ0) is 23.5. The van der Waals surface area contributed by atoms with Gasteiger partial charge in [-0.05, 0) is 34.6 Å². The largest absolute Gasteiger partial charge is 0.386 e. The van der Waals surface area contributed by atoms with Gasteiger partial charge in [-0.3, -0.25) is 23.6 Å². The van der Waals surface area contributed by atoms with Gasteiger partial charge in [0, 0.05) is 18.0 Å². The molecule has 172 valence electrons. The first kappa shape index (κ1) is 22.4. The summed E-state index contributed by atoms with van der Waals surface area (Å²) in [4.78, 5) is 46.0. The van der Waals surface area contributed by atoms with Crippen LogP contribution in [0.4, 0.5) is 0 Å². The fourth-order valence-electron chi connectivity index (χ4n) is 3.74. The maximum absolute atomic E-state index is 13.6. The minimum absolute atomic E-state index is 0.0335. The number of thiophene rings is 1. The van der Waals surface area contributed by atoms with Crippen molar-refractivity contribution in [1.82, 2.24) is 29.2 Å². The smallest absolute Gasteiger partial charge is 0.332 e. The number of aryl methyl sites for hydroxylation is 1. The monoisotopic (exact) mass is 462 g/mol. The molecule has 0 aliphatic carbocycles. The molecule has 0 spiro atoms. The highest BCUT2D eigenvalue weighted by Crippen LogP contribution is 2.33. The number of rotatable bonds is 4. The summed E-state index contributed by atoms with van der Waals surface area (Å²) >= 11 is 1.21. The van der Waals surface area contributed by atoms with E-state index in [0.717, 1.165) is 21.0 Å². The van der Waals surface area contributed by atoms with Crippen molar-refractivity contribution in [2.75, 3.05) is 13.2 Å². The molecular formula is C20H26N6O5S. The van der Waals surface area contributed by atoms with Crippen LogP contribution in [0.5, 0.6) is 0 Å². The van der Waals surface area contributed by atoms with Gasteiger partial charge >= 0.3 is 5.69 Å². The molecule has 4 heterocycles. The minimum atomic E-state index is -1.19. The second-order valence-corrected chi connectivity index (χ2v) is 9.80. The summed E-state index contributed by atoms with van der Waals surface area (Å²) in [6.45, 7) is 9.10. The lowest BCUT2D eigenvalue weighted by Crippen LogP contribution is -2.39. The Morgan fingerprint density at radius 2 is 2.00 bits per heavy atom. The summed E-state index contributed by atoms with van der Waals surface area (Å²) in [5, 5.41) is 19.7. The van der Waals surface area contributed by atoms with Crippen molar-refractivity contribution in [2.45, 2.75) is 52.8 Å². The molecular weight excluding hydrogens is 436 g/mol. The van der Waals surface area contributed by atoms with Gasteiger partial charge in [0.25, 0.3) is 11.5 Å². The maximum atomic E-state index is 13.6. The van der Waals surface area contributed by atoms with Crippen LogP contribution in [0, 0.1) is 13.8 Å². The van der Waals surface area contributed by atoms with Crippen LogP contribution in [0.1, 0.15) is 53.4 Å². The molecule has 0 aromatic carbocycles. The highest BCUT2D eigenvalue weighted by atomic mass is 32.1. The molecule has 0 saturated carbocycles. The van der Waals surface area contributed by atoms with Crippen molar-refractivity contribution >= 4 is 27.5 Å². The van der Waals surface area contributed by atoms with Gasteiger partial charge < -0.3 is 5.11 Å². The van der Waals surface area contributed by atoms with E-state index in [1.165, 1.54) is 23.0 Å². The van der Waals surface area contributed by atoms with Gasteiger partial charge in [0.15, 0.2) is 0 Å². The van der Waals surface area contributed by atoms with Gasteiger partial charge in [0.05, 0.1) is 35.4 Å². The van der Waals surface area contributed by atoms with Crippen LogP contribution >= 0.6 is 11.3 Å². The predicted octanol–water partition coefficient (Wildman–Crippen LogP) is 0.738. The summed E-state index contributed by atoms with van der Waals surface area (Å²) in [7, 11) is 1.40. The number of carbonyl (C=O) groups excluding carboxylic acids is 1. The molecule has 1 N–H and O–H groups in total. The zero-order valence-electron chi connectivity index (χ0n) is 18.9.